The number of nitrogens with one attached hydrogen (secondary N) is 1. The summed E-state index contributed by atoms with van der Waals surface area (Å²) >= 11 is 3.19. The van der Waals surface area contributed by atoms with Crippen LogP contribution >= 0.6 is 23.1 Å². The van der Waals surface area contributed by atoms with Crippen LogP contribution in [0.5, 0.6) is 0 Å². The van der Waals surface area contributed by atoms with Crippen molar-refractivity contribution in [3.05, 3.63) is 17.6 Å². The SMILES string of the molecule is CSc1nc(NN)cc(N2CCN(c3nccs3)CC2)n1. The number of thiazole rings is 1. The summed E-state index contributed by atoms with van der Waals surface area (Å²) in [5.74, 6) is 7.04. The molecular weight excluding hydrogens is 306 g/mol. The third-order valence-electron chi connectivity index (χ3n) is 3.32. The number of nitrogens with two attached hydrogens (primary N) is 1. The van der Waals surface area contributed by atoms with Crippen molar-refractivity contribution < 1.29 is 0 Å². The Hall–Kier alpha value is -1.58. The van der Waals surface area contributed by atoms with Crippen molar-refractivity contribution in [3.63, 3.8) is 0 Å². The van der Waals surface area contributed by atoms with Crippen molar-refractivity contribution in [1.29, 1.82) is 0 Å². The zero-order valence-corrected chi connectivity index (χ0v) is 13.3. The second-order valence-corrected chi connectivity index (χ2v) is 6.18. The van der Waals surface area contributed by atoms with E-state index in [0.29, 0.717) is 5.82 Å². The lowest BCUT2D eigenvalue weighted by molar-refractivity contribution is 0.642. The number of aromatic nitrogens is 3. The molecule has 3 heterocycles. The first-order valence-electron chi connectivity index (χ1n) is 6.59. The van der Waals surface area contributed by atoms with E-state index >= 15 is 0 Å². The van der Waals surface area contributed by atoms with Gasteiger partial charge < -0.3 is 15.2 Å². The predicted octanol–water partition coefficient (Wildman–Crippen LogP) is 1.27. The molecule has 1 aliphatic rings. The van der Waals surface area contributed by atoms with E-state index < -0.39 is 0 Å². The molecule has 7 nitrogen and oxygen atoms in total. The van der Waals surface area contributed by atoms with E-state index in [1.165, 1.54) is 11.8 Å². The summed E-state index contributed by atoms with van der Waals surface area (Å²) in [5, 5.41) is 3.82. The standard InChI is InChI=1S/C12H17N7S2/c1-20-11-15-9(17-13)8-10(16-11)18-3-5-19(6-4-18)12-14-2-7-21-12/h2,7-8H,3-6,13H2,1H3,(H,15,16,17). The maximum Gasteiger partial charge on any atom is 0.191 e. The highest BCUT2D eigenvalue weighted by molar-refractivity contribution is 7.98. The van der Waals surface area contributed by atoms with Crippen molar-refractivity contribution in [2.24, 2.45) is 5.84 Å². The first-order valence-corrected chi connectivity index (χ1v) is 8.69. The number of piperazine rings is 1. The monoisotopic (exact) mass is 323 g/mol. The number of thioether (sulfide) groups is 1. The lowest BCUT2D eigenvalue weighted by Crippen LogP contribution is -2.46. The fraction of sp³-hybridized carbons (Fsp3) is 0.417. The van der Waals surface area contributed by atoms with E-state index in [9.17, 15) is 0 Å². The van der Waals surface area contributed by atoms with Gasteiger partial charge in [-0.2, -0.15) is 0 Å². The highest BCUT2D eigenvalue weighted by Gasteiger charge is 2.20. The first-order chi connectivity index (χ1) is 10.3. The van der Waals surface area contributed by atoms with Gasteiger partial charge in [0.25, 0.3) is 0 Å². The smallest absolute Gasteiger partial charge is 0.191 e. The third-order valence-corrected chi connectivity index (χ3v) is 4.70. The molecule has 3 rings (SSSR count). The summed E-state index contributed by atoms with van der Waals surface area (Å²) in [6, 6.07) is 1.89. The summed E-state index contributed by atoms with van der Waals surface area (Å²) < 4.78 is 0. The highest BCUT2D eigenvalue weighted by Crippen LogP contribution is 2.23. The van der Waals surface area contributed by atoms with E-state index in [4.69, 9.17) is 5.84 Å². The molecular formula is C12H17N7S2. The van der Waals surface area contributed by atoms with Crippen LogP contribution in [0, 0.1) is 0 Å². The summed E-state index contributed by atoms with van der Waals surface area (Å²) in [6.07, 6.45) is 3.81. The Balaban J connectivity index is 1.71. The Labute approximate surface area is 131 Å². The van der Waals surface area contributed by atoms with Gasteiger partial charge >= 0.3 is 0 Å². The predicted molar refractivity (Wildman–Crippen MR) is 88.2 cm³/mol. The Morgan fingerprint density at radius 2 is 2.00 bits per heavy atom. The van der Waals surface area contributed by atoms with Crippen molar-refractivity contribution in [1.82, 2.24) is 15.0 Å². The van der Waals surface area contributed by atoms with Crippen LogP contribution in [0.15, 0.2) is 22.8 Å². The van der Waals surface area contributed by atoms with E-state index in [1.54, 1.807) is 11.3 Å². The summed E-state index contributed by atoms with van der Waals surface area (Å²) in [4.78, 5) is 17.8. The first kappa shape index (κ1) is 14.4. The van der Waals surface area contributed by atoms with Crippen LogP contribution in [-0.4, -0.2) is 47.4 Å². The second kappa shape index (κ2) is 6.46. The minimum atomic E-state index is 0.645. The van der Waals surface area contributed by atoms with E-state index in [-0.39, 0.29) is 0 Å². The molecule has 0 saturated carbocycles. The number of hydrogen-bond acceptors (Lipinski definition) is 9. The van der Waals surface area contributed by atoms with Gasteiger partial charge in [0.05, 0.1) is 0 Å². The largest absolute Gasteiger partial charge is 0.353 e. The number of hydrogen-bond donors (Lipinski definition) is 2. The van der Waals surface area contributed by atoms with Crippen molar-refractivity contribution >= 4 is 39.9 Å². The Morgan fingerprint density at radius 3 is 2.62 bits per heavy atom. The molecule has 0 atom stereocenters. The molecule has 0 aromatic carbocycles. The van der Waals surface area contributed by atoms with Crippen LogP contribution in [-0.2, 0) is 0 Å². The molecule has 2 aromatic heterocycles. The molecule has 0 bridgehead atoms. The molecule has 0 unspecified atom stereocenters. The van der Waals surface area contributed by atoms with E-state index in [2.05, 4.69) is 30.2 Å². The average molecular weight is 323 g/mol. The molecule has 21 heavy (non-hydrogen) atoms. The van der Waals surface area contributed by atoms with Crippen LogP contribution in [0.2, 0.25) is 0 Å². The number of rotatable bonds is 4. The molecule has 1 aliphatic heterocycles. The maximum atomic E-state index is 5.47. The molecule has 2 aromatic rings. The Morgan fingerprint density at radius 1 is 1.24 bits per heavy atom. The minimum Gasteiger partial charge on any atom is -0.353 e. The van der Waals surface area contributed by atoms with Crippen molar-refractivity contribution in [3.8, 4) is 0 Å². The van der Waals surface area contributed by atoms with Crippen LogP contribution in [0.1, 0.15) is 0 Å². The molecule has 9 heteroatoms. The summed E-state index contributed by atoms with van der Waals surface area (Å²) in [6.45, 7) is 3.71. The van der Waals surface area contributed by atoms with Gasteiger partial charge in [-0.25, -0.2) is 20.8 Å². The lowest BCUT2D eigenvalue weighted by atomic mass is 10.3. The molecule has 1 saturated heterocycles. The summed E-state index contributed by atoms with van der Waals surface area (Å²) in [7, 11) is 0. The summed E-state index contributed by atoms with van der Waals surface area (Å²) in [5.41, 5.74) is 2.60. The average Bonchev–Trinajstić information content (AvgIpc) is 3.09. The third kappa shape index (κ3) is 3.20. The fourth-order valence-electron chi connectivity index (χ4n) is 2.24. The van der Waals surface area contributed by atoms with Gasteiger partial charge in [0.1, 0.15) is 11.6 Å². The van der Waals surface area contributed by atoms with E-state index in [1.807, 2.05) is 23.9 Å². The highest BCUT2D eigenvalue weighted by atomic mass is 32.2. The minimum absolute atomic E-state index is 0.645. The van der Waals surface area contributed by atoms with Gasteiger partial charge in [-0.15, -0.1) is 11.3 Å². The number of anilines is 3. The topological polar surface area (TPSA) is 83.2 Å². The van der Waals surface area contributed by atoms with Gasteiger partial charge in [0.15, 0.2) is 10.3 Å². The van der Waals surface area contributed by atoms with Crippen LogP contribution in [0.25, 0.3) is 0 Å². The quantitative estimate of drug-likeness (QED) is 0.377. The Bertz CT molecular complexity index is 559. The fourth-order valence-corrected chi connectivity index (χ4v) is 3.31. The van der Waals surface area contributed by atoms with Crippen LogP contribution < -0.4 is 21.1 Å². The van der Waals surface area contributed by atoms with Gasteiger partial charge in [-0.1, -0.05) is 11.8 Å². The van der Waals surface area contributed by atoms with Gasteiger partial charge in [-0.3, -0.25) is 0 Å². The zero-order chi connectivity index (χ0) is 14.7. The molecule has 3 N–H and O–H groups in total. The van der Waals surface area contributed by atoms with Crippen molar-refractivity contribution in [2.45, 2.75) is 5.16 Å². The Kier molecular flexibility index (Phi) is 4.42. The van der Waals surface area contributed by atoms with Crippen LogP contribution in [0.3, 0.4) is 0 Å². The maximum absolute atomic E-state index is 5.47. The molecule has 0 spiro atoms. The molecule has 0 amide bonds. The van der Waals surface area contributed by atoms with Gasteiger partial charge in [0, 0.05) is 43.8 Å². The number of hydrazine groups is 1. The number of nitrogens with zero attached hydrogens (tertiary/aromatic N) is 5. The normalized spacial score (nSPS) is 15.3. The molecule has 0 aliphatic carbocycles. The molecule has 0 radical (unpaired) electrons. The zero-order valence-electron chi connectivity index (χ0n) is 11.7. The second-order valence-electron chi connectivity index (χ2n) is 4.53. The number of nitrogen functional groups attached to an aromatic ring is 1. The van der Waals surface area contributed by atoms with Crippen molar-refractivity contribution in [2.75, 3.05) is 47.7 Å². The molecule has 1 fully saturated rings. The molecule has 112 valence electrons. The lowest BCUT2D eigenvalue weighted by Gasteiger charge is -2.35. The van der Waals surface area contributed by atoms with E-state index in [0.717, 1.165) is 42.3 Å². The van der Waals surface area contributed by atoms with Crippen LogP contribution in [0.4, 0.5) is 16.8 Å². The van der Waals surface area contributed by atoms with Gasteiger partial charge in [-0.05, 0) is 6.26 Å². The van der Waals surface area contributed by atoms with Gasteiger partial charge in [0.2, 0.25) is 0 Å².